The first-order valence-electron chi connectivity index (χ1n) is 6.56. The summed E-state index contributed by atoms with van der Waals surface area (Å²) in [5.41, 5.74) is -0.500. The molecule has 0 amide bonds. The summed E-state index contributed by atoms with van der Waals surface area (Å²) in [5.74, 6) is -1.38. The number of aliphatic hydroxyl groups is 1. The van der Waals surface area contributed by atoms with Crippen molar-refractivity contribution < 1.29 is 23.0 Å². The fourth-order valence-electron chi connectivity index (χ4n) is 2.84. The van der Waals surface area contributed by atoms with E-state index >= 15 is 0 Å². The van der Waals surface area contributed by atoms with Gasteiger partial charge in [0.05, 0.1) is 18.6 Å². The van der Waals surface area contributed by atoms with E-state index in [-0.39, 0.29) is 19.3 Å². The van der Waals surface area contributed by atoms with Gasteiger partial charge in [0, 0.05) is 18.7 Å². The lowest BCUT2D eigenvalue weighted by Gasteiger charge is -2.47. The van der Waals surface area contributed by atoms with Gasteiger partial charge in [-0.05, 0) is 40.2 Å². The van der Waals surface area contributed by atoms with Gasteiger partial charge in [-0.25, -0.2) is 0 Å². The third-order valence-electron chi connectivity index (χ3n) is 4.16. The maximum atomic E-state index is 13.1. The number of hydrogen-bond donors (Lipinski definition) is 1. The molecule has 0 heterocycles. The zero-order chi connectivity index (χ0) is 14.8. The Labute approximate surface area is 112 Å². The lowest BCUT2D eigenvalue weighted by molar-refractivity contribution is -0.210. The van der Waals surface area contributed by atoms with Crippen LogP contribution in [0.25, 0.3) is 0 Å². The lowest BCUT2D eigenvalue weighted by Crippen LogP contribution is -2.57. The quantitative estimate of drug-likeness (QED) is 0.860. The molecule has 1 aliphatic carbocycles. The Morgan fingerprint density at radius 2 is 1.84 bits per heavy atom. The van der Waals surface area contributed by atoms with Crippen molar-refractivity contribution in [2.45, 2.75) is 57.0 Å². The minimum absolute atomic E-state index is 0.0112. The van der Waals surface area contributed by atoms with Crippen molar-refractivity contribution in [2.24, 2.45) is 5.92 Å². The van der Waals surface area contributed by atoms with Crippen LogP contribution < -0.4 is 0 Å². The van der Waals surface area contributed by atoms with Crippen LogP contribution in [0.15, 0.2) is 0 Å². The van der Waals surface area contributed by atoms with E-state index in [1.54, 1.807) is 11.9 Å². The van der Waals surface area contributed by atoms with E-state index in [0.29, 0.717) is 6.61 Å². The first-order valence-corrected chi connectivity index (χ1v) is 6.56. The smallest absolute Gasteiger partial charge is 0.393 e. The van der Waals surface area contributed by atoms with Gasteiger partial charge in [0.2, 0.25) is 0 Å². The maximum Gasteiger partial charge on any atom is 0.393 e. The molecule has 1 saturated carbocycles. The summed E-state index contributed by atoms with van der Waals surface area (Å²) < 4.78 is 44.4. The summed E-state index contributed by atoms with van der Waals surface area (Å²) in [6.07, 6.45) is -4.50. The lowest BCUT2D eigenvalue weighted by atomic mass is 9.80. The van der Waals surface area contributed by atoms with Crippen LogP contribution in [-0.2, 0) is 4.74 Å². The molecule has 1 aliphatic rings. The molecule has 0 saturated heterocycles. The molecule has 0 aromatic carbocycles. The molecule has 3 nitrogen and oxygen atoms in total. The maximum absolute atomic E-state index is 13.1. The molecule has 0 bridgehead atoms. The summed E-state index contributed by atoms with van der Waals surface area (Å²) in [4.78, 5) is 1.71. The molecule has 0 radical (unpaired) electrons. The summed E-state index contributed by atoms with van der Waals surface area (Å²) in [6, 6.07) is -0.700. The van der Waals surface area contributed by atoms with Gasteiger partial charge in [-0.15, -0.1) is 0 Å². The van der Waals surface area contributed by atoms with E-state index in [4.69, 9.17) is 4.74 Å². The van der Waals surface area contributed by atoms with Crippen molar-refractivity contribution in [1.82, 2.24) is 4.90 Å². The highest BCUT2D eigenvalue weighted by Crippen LogP contribution is 2.41. The van der Waals surface area contributed by atoms with Crippen molar-refractivity contribution in [1.29, 1.82) is 0 Å². The Morgan fingerprint density at radius 3 is 2.32 bits per heavy atom. The van der Waals surface area contributed by atoms with E-state index in [2.05, 4.69) is 0 Å². The van der Waals surface area contributed by atoms with Crippen LogP contribution >= 0.6 is 0 Å². The third-order valence-corrected chi connectivity index (χ3v) is 4.16. The first-order chi connectivity index (χ1) is 8.59. The standard InChI is InChI=1S/C13H24F3NO2/c1-12(2,8-19-4)17(3)11-7-9(18)5-6-10(11)13(14,15)16/h9-11,18H,5-8H2,1-4H3. The SMILES string of the molecule is COCC(C)(C)N(C)C1CC(O)CCC1C(F)(F)F. The molecule has 3 unspecified atom stereocenters. The Hall–Kier alpha value is -0.330. The van der Waals surface area contributed by atoms with Gasteiger partial charge in [-0.1, -0.05) is 0 Å². The highest BCUT2D eigenvalue weighted by molar-refractivity contribution is 4.94. The Bertz CT molecular complexity index is 294. The largest absolute Gasteiger partial charge is 0.393 e. The molecule has 0 aromatic heterocycles. The second-order valence-corrected chi connectivity index (χ2v) is 6.04. The second-order valence-electron chi connectivity index (χ2n) is 6.04. The van der Waals surface area contributed by atoms with Crippen molar-refractivity contribution >= 4 is 0 Å². The zero-order valence-corrected chi connectivity index (χ0v) is 12.0. The summed E-state index contributed by atoms with van der Waals surface area (Å²) in [7, 11) is 3.22. The number of likely N-dealkylation sites (N-methyl/N-ethyl adjacent to an activating group) is 1. The third kappa shape index (κ3) is 4.07. The van der Waals surface area contributed by atoms with Crippen LogP contribution in [0.2, 0.25) is 0 Å². The van der Waals surface area contributed by atoms with Crippen molar-refractivity contribution in [3.63, 3.8) is 0 Å². The minimum atomic E-state index is -4.22. The van der Waals surface area contributed by atoms with Crippen molar-refractivity contribution in [3.8, 4) is 0 Å². The molecule has 0 aromatic rings. The van der Waals surface area contributed by atoms with Crippen LogP contribution in [0.1, 0.15) is 33.1 Å². The highest BCUT2D eigenvalue weighted by atomic mass is 19.4. The second kappa shape index (κ2) is 5.97. The Balaban J connectivity index is 2.91. The molecule has 0 spiro atoms. The molecule has 1 rings (SSSR count). The van der Waals surface area contributed by atoms with Gasteiger partial charge < -0.3 is 9.84 Å². The number of hydrogen-bond acceptors (Lipinski definition) is 3. The number of methoxy groups -OCH3 is 1. The number of nitrogens with zero attached hydrogens (tertiary/aromatic N) is 1. The molecular formula is C13H24F3NO2. The first kappa shape index (κ1) is 16.7. The summed E-state index contributed by atoms with van der Waals surface area (Å²) in [5, 5.41) is 9.68. The van der Waals surface area contributed by atoms with Crippen LogP contribution in [0.4, 0.5) is 13.2 Å². The number of halogens is 3. The summed E-state index contributed by atoms with van der Waals surface area (Å²) in [6.45, 7) is 4.05. The monoisotopic (exact) mass is 283 g/mol. The van der Waals surface area contributed by atoms with E-state index in [0.717, 1.165) is 0 Å². The fourth-order valence-corrected chi connectivity index (χ4v) is 2.84. The van der Waals surface area contributed by atoms with Crippen LogP contribution in [0.5, 0.6) is 0 Å². The van der Waals surface area contributed by atoms with Crippen LogP contribution in [0, 0.1) is 5.92 Å². The van der Waals surface area contributed by atoms with Crippen molar-refractivity contribution in [2.75, 3.05) is 20.8 Å². The predicted octanol–water partition coefficient (Wildman–Crippen LogP) is 2.44. The Morgan fingerprint density at radius 1 is 1.26 bits per heavy atom. The molecule has 1 fully saturated rings. The molecule has 114 valence electrons. The average Bonchev–Trinajstić information content (AvgIpc) is 2.26. The normalized spacial score (nSPS) is 29.8. The molecular weight excluding hydrogens is 259 g/mol. The predicted molar refractivity (Wildman–Crippen MR) is 66.9 cm³/mol. The molecule has 3 atom stereocenters. The molecule has 1 N–H and O–H groups in total. The molecule has 6 heteroatoms. The number of alkyl halides is 3. The van der Waals surface area contributed by atoms with Gasteiger partial charge in [-0.2, -0.15) is 13.2 Å². The van der Waals surface area contributed by atoms with E-state index in [9.17, 15) is 18.3 Å². The van der Waals surface area contributed by atoms with Crippen LogP contribution in [-0.4, -0.2) is 54.6 Å². The van der Waals surface area contributed by atoms with E-state index in [1.165, 1.54) is 7.11 Å². The highest BCUT2D eigenvalue weighted by Gasteiger charge is 2.50. The molecule has 0 aliphatic heterocycles. The van der Waals surface area contributed by atoms with Gasteiger partial charge in [0.25, 0.3) is 0 Å². The number of ether oxygens (including phenoxy) is 1. The fraction of sp³-hybridized carbons (Fsp3) is 1.00. The van der Waals surface area contributed by atoms with Gasteiger partial charge in [0.1, 0.15) is 0 Å². The van der Waals surface area contributed by atoms with E-state index < -0.39 is 29.8 Å². The topological polar surface area (TPSA) is 32.7 Å². The van der Waals surface area contributed by atoms with Crippen molar-refractivity contribution in [3.05, 3.63) is 0 Å². The molecule has 19 heavy (non-hydrogen) atoms. The van der Waals surface area contributed by atoms with Crippen LogP contribution in [0.3, 0.4) is 0 Å². The van der Waals surface area contributed by atoms with Gasteiger partial charge >= 0.3 is 6.18 Å². The minimum Gasteiger partial charge on any atom is -0.393 e. The van der Waals surface area contributed by atoms with Gasteiger partial charge in [-0.3, -0.25) is 4.90 Å². The summed E-state index contributed by atoms with van der Waals surface area (Å²) >= 11 is 0. The van der Waals surface area contributed by atoms with Gasteiger partial charge in [0.15, 0.2) is 0 Å². The number of rotatable bonds is 4. The Kier molecular flexibility index (Phi) is 5.26. The van der Waals surface area contributed by atoms with E-state index in [1.807, 2.05) is 13.8 Å². The zero-order valence-electron chi connectivity index (χ0n) is 12.0. The average molecular weight is 283 g/mol. The number of aliphatic hydroxyl groups excluding tert-OH is 1.